The summed E-state index contributed by atoms with van der Waals surface area (Å²) in [6.07, 6.45) is 5.58. The summed E-state index contributed by atoms with van der Waals surface area (Å²) in [5.74, 6) is -0.930. The molecule has 3 rings (SSSR count). The topological polar surface area (TPSA) is 57.8 Å². The summed E-state index contributed by atoms with van der Waals surface area (Å²) in [6, 6.07) is 3.92. The summed E-state index contributed by atoms with van der Waals surface area (Å²) in [4.78, 5) is 17.9. The Bertz CT molecular complexity index is 627. The Hall–Kier alpha value is -2.04. The first kappa shape index (κ1) is 12.0. The molecule has 19 heavy (non-hydrogen) atoms. The molecule has 1 aliphatic rings. The molecule has 0 saturated carbocycles. The maximum atomic E-state index is 11.3. The van der Waals surface area contributed by atoms with E-state index in [4.69, 9.17) is 0 Å². The van der Waals surface area contributed by atoms with Crippen LogP contribution in [0.3, 0.4) is 0 Å². The number of aromatic nitrogens is 2. The van der Waals surface area contributed by atoms with Crippen molar-refractivity contribution in [3.05, 3.63) is 29.7 Å². The Morgan fingerprint density at radius 1 is 1.26 bits per heavy atom. The summed E-state index contributed by atoms with van der Waals surface area (Å²) in [5.41, 5.74) is 2.58. The van der Waals surface area contributed by atoms with Crippen LogP contribution in [0.25, 0.3) is 5.65 Å². The average Bonchev–Trinajstić information content (AvgIpc) is 2.74. The zero-order chi connectivity index (χ0) is 13.4. The van der Waals surface area contributed by atoms with Gasteiger partial charge < -0.3 is 10.0 Å². The van der Waals surface area contributed by atoms with Crippen molar-refractivity contribution in [3.63, 3.8) is 0 Å². The van der Waals surface area contributed by atoms with Gasteiger partial charge in [0.05, 0.1) is 11.4 Å². The highest BCUT2D eigenvalue weighted by atomic mass is 16.4. The van der Waals surface area contributed by atoms with E-state index in [1.165, 1.54) is 19.3 Å². The molecule has 5 heteroatoms. The maximum absolute atomic E-state index is 11.3. The zero-order valence-electron chi connectivity index (χ0n) is 11.0. The molecule has 0 radical (unpaired) electrons. The molecular formula is C14H17N3O2. The molecule has 0 bridgehead atoms. The molecule has 0 amide bonds. The first-order valence-corrected chi connectivity index (χ1v) is 6.64. The Balaban J connectivity index is 2.08. The number of anilines is 1. The van der Waals surface area contributed by atoms with E-state index in [0.29, 0.717) is 11.3 Å². The number of aromatic carboxylic acids is 1. The molecular weight excluding hydrogens is 242 g/mol. The van der Waals surface area contributed by atoms with E-state index >= 15 is 0 Å². The Labute approximate surface area is 111 Å². The number of carbonyl (C=O) groups is 1. The monoisotopic (exact) mass is 259 g/mol. The maximum Gasteiger partial charge on any atom is 0.354 e. The second-order valence-corrected chi connectivity index (χ2v) is 5.01. The first-order valence-electron chi connectivity index (χ1n) is 6.64. The van der Waals surface area contributed by atoms with Crippen LogP contribution in [-0.2, 0) is 0 Å². The van der Waals surface area contributed by atoms with Gasteiger partial charge in [-0.1, -0.05) is 0 Å². The normalized spacial score (nSPS) is 15.9. The van der Waals surface area contributed by atoms with Crippen molar-refractivity contribution in [3.8, 4) is 0 Å². The third-order valence-corrected chi connectivity index (χ3v) is 3.70. The molecule has 3 heterocycles. The molecule has 0 spiro atoms. The number of nitrogens with zero attached hydrogens (tertiary/aromatic N) is 3. The molecule has 0 aliphatic carbocycles. The largest absolute Gasteiger partial charge is 0.477 e. The van der Waals surface area contributed by atoms with Crippen molar-refractivity contribution in [1.29, 1.82) is 0 Å². The quantitative estimate of drug-likeness (QED) is 0.899. The highest BCUT2D eigenvalue weighted by Gasteiger charge is 2.17. The molecule has 100 valence electrons. The van der Waals surface area contributed by atoms with Gasteiger partial charge in [-0.3, -0.25) is 4.40 Å². The summed E-state index contributed by atoms with van der Waals surface area (Å²) >= 11 is 0. The standard InChI is InChI=1S/C14H17N3O2/c1-10-13(14(18)19)17-9-11(5-6-12(17)15-10)16-7-3-2-4-8-16/h5-6,9H,2-4,7-8H2,1H3,(H,18,19). The second kappa shape index (κ2) is 4.57. The lowest BCUT2D eigenvalue weighted by atomic mass is 10.1. The molecule has 1 saturated heterocycles. The zero-order valence-corrected chi connectivity index (χ0v) is 11.0. The predicted molar refractivity (Wildman–Crippen MR) is 73.0 cm³/mol. The van der Waals surface area contributed by atoms with Crippen molar-refractivity contribution in [1.82, 2.24) is 9.38 Å². The highest BCUT2D eigenvalue weighted by Crippen LogP contribution is 2.22. The summed E-state index contributed by atoms with van der Waals surface area (Å²) in [5, 5.41) is 9.28. The first-order chi connectivity index (χ1) is 9.16. The Morgan fingerprint density at radius 3 is 2.68 bits per heavy atom. The Kier molecular flexibility index (Phi) is 2.89. The fourth-order valence-electron chi connectivity index (χ4n) is 2.75. The van der Waals surface area contributed by atoms with Crippen molar-refractivity contribution in [2.24, 2.45) is 0 Å². The lowest BCUT2D eigenvalue weighted by molar-refractivity contribution is 0.0688. The molecule has 1 aliphatic heterocycles. The van der Waals surface area contributed by atoms with Crippen LogP contribution >= 0.6 is 0 Å². The van der Waals surface area contributed by atoms with Gasteiger partial charge in [-0.25, -0.2) is 9.78 Å². The van der Waals surface area contributed by atoms with E-state index in [9.17, 15) is 9.90 Å². The minimum atomic E-state index is -0.930. The van der Waals surface area contributed by atoms with Crippen molar-refractivity contribution in [2.45, 2.75) is 26.2 Å². The van der Waals surface area contributed by atoms with Crippen LogP contribution in [0.5, 0.6) is 0 Å². The SMILES string of the molecule is Cc1nc2ccc(N3CCCCC3)cn2c1C(=O)O. The number of piperidine rings is 1. The van der Waals surface area contributed by atoms with Crippen LogP contribution in [0.4, 0.5) is 5.69 Å². The van der Waals surface area contributed by atoms with Gasteiger partial charge in [-0.15, -0.1) is 0 Å². The van der Waals surface area contributed by atoms with Crippen LogP contribution in [-0.4, -0.2) is 33.6 Å². The number of hydrogen-bond donors (Lipinski definition) is 1. The van der Waals surface area contributed by atoms with Gasteiger partial charge in [0.15, 0.2) is 5.69 Å². The van der Waals surface area contributed by atoms with E-state index in [2.05, 4.69) is 9.88 Å². The molecule has 1 fully saturated rings. The lowest BCUT2D eigenvalue weighted by Gasteiger charge is -2.28. The van der Waals surface area contributed by atoms with E-state index in [-0.39, 0.29) is 5.69 Å². The number of carboxylic acid groups (broad SMARTS) is 1. The molecule has 2 aromatic heterocycles. The van der Waals surface area contributed by atoms with E-state index in [0.717, 1.165) is 18.8 Å². The number of imidazole rings is 1. The predicted octanol–water partition coefficient (Wildman–Crippen LogP) is 2.33. The van der Waals surface area contributed by atoms with Gasteiger partial charge in [0.2, 0.25) is 0 Å². The number of fused-ring (bicyclic) bond motifs is 1. The van der Waals surface area contributed by atoms with Crippen molar-refractivity contribution in [2.75, 3.05) is 18.0 Å². The van der Waals surface area contributed by atoms with Crippen LogP contribution < -0.4 is 4.90 Å². The number of carboxylic acids is 1. The van der Waals surface area contributed by atoms with Gasteiger partial charge in [0.1, 0.15) is 5.65 Å². The van der Waals surface area contributed by atoms with Crippen LogP contribution in [0.1, 0.15) is 35.4 Å². The molecule has 2 aromatic rings. The number of aryl methyl sites for hydroxylation is 1. The van der Waals surface area contributed by atoms with Crippen molar-refractivity contribution >= 4 is 17.3 Å². The second-order valence-electron chi connectivity index (χ2n) is 5.01. The molecule has 0 atom stereocenters. The van der Waals surface area contributed by atoms with Gasteiger partial charge in [-0.2, -0.15) is 0 Å². The van der Waals surface area contributed by atoms with Crippen LogP contribution in [0.2, 0.25) is 0 Å². The third kappa shape index (κ3) is 2.05. The molecule has 1 N–H and O–H groups in total. The van der Waals surface area contributed by atoms with Gasteiger partial charge >= 0.3 is 5.97 Å². The average molecular weight is 259 g/mol. The Morgan fingerprint density at radius 2 is 2.00 bits per heavy atom. The smallest absolute Gasteiger partial charge is 0.354 e. The van der Waals surface area contributed by atoms with Crippen molar-refractivity contribution < 1.29 is 9.90 Å². The number of pyridine rings is 1. The van der Waals surface area contributed by atoms with Gasteiger partial charge in [0.25, 0.3) is 0 Å². The van der Waals surface area contributed by atoms with E-state index < -0.39 is 5.97 Å². The minimum absolute atomic E-state index is 0.258. The summed E-state index contributed by atoms with van der Waals surface area (Å²) < 4.78 is 1.68. The fraction of sp³-hybridized carbons (Fsp3) is 0.429. The van der Waals surface area contributed by atoms with Gasteiger partial charge in [-0.05, 0) is 38.3 Å². The third-order valence-electron chi connectivity index (χ3n) is 3.70. The number of rotatable bonds is 2. The minimum Gasteiger partial charge on any atom is -0.477 e. The van der Waals surface area contributed by atoms with E-state index in [1.807, 2.05) is 18.3 Å². The number of hydrogen-bond acceptors (Lipinski definition) is 3. The van der Waals surface area contributed by atoms with E-state index in [1.54, 1.807) is 11.3 Å². The summed E-state index contributed by atoms with van der Waals surface area (Å²) in [6.45, 7) is 3.82. The highest BCUT2D eigenvalue weighted by molar-refractivity contribution is 5.88. The fourth-order valence-corrected chi connectivity index (χ4v) is 2.75. The molecule has 0 aromatic carbocycles. The lowest BCUT2D eigenvalue weighted by Crippen LogP contribution is -2.29. The molecule has 5 nitrogen and oxygen atoms in total. The van der Waals surface area contributed by atoms with Crippen LogP contribution in [0.15, 0.2) is 18.3 Å². The summed E-state index contributed by atoms with van der Waals surface area (Å²) in [7, 11) is 0. The van der Waals surface area contributed by atoms with Gasteiger partial charge in [0, 0.05) is 19.3 Å². The van der Waals surface area contributed by atoms with Crippen LogP contribution in [0, 0.1) is 6.92 Å². The molecule has 0 unspecified atom stereocenters.